The molecule has 0 aliphatic carbocycles. The molecule has 2 aliphatic heterocycles. The molecule has 4 heterocycles. The number of thiazole rings is 1. The van der Waals surface area contributed by atoms with Gasteiger partial charge < -0.3 is 23.4 Å². The van der Waals surface area contributed by atoms with Crippen molar-refractivity contribution in [1.82, 2.24) is 4.57 Å². The van der Waals surface area contributed by atoms with E-state index in [2.05, 4.69) is 0 Å². The normalized spacial score (nSPS) is 15.3. The van der Waals surface area contributed by atoms with Crippen LogP contribution in [0.25, 0.3) is 23.1 Å². The van der Waals surface area contributed by atoms with Gasteiger partial charge in [0.1, 0.15) is 17.3 Å². The summed E-state index contributed by atoms with van der Waals surface area (Å²) in [5.74, 6) is 1.48. The number of rotatable bonds is 8. The number of benzene rings is 3. The van der Waals surface area contributed by atoms with Crippen LogP contribution in [0, 0.1) is 10.1 Å². The smallest absolute Gasteiger partial charge is 0.338 e. The predicted molar refractivity (Wildman–Crippen MR) is 171 cm³/mol. The van der Waals surface area contributed by atoms with Gasteiger partial charge in [-0.3, -0.25) is 19.5 Å². The Morgan fingerprint density at radius 2 is 1.89 bits per heavy atom. The first-order valence-corrected chi connectivity index (χ1v) is 15.3. The predicted octanol–water partition coefficient (Wildman–Crippen LogP) is 4.84. The van der Waals surface area contributed by atoms with Gasteiger partial charge in [-0.25, -0.2) is 9.79 Å². The van der Waals surface area contributed by atoms with Crippen molar-refractivity contribution in [3.8, 4) is 28.6 Å². The summed E-state index contributed by atoms with van der Waals surface area (Å²) in [4.78, 5) is 43.9. The Labute approximate surface area is 270 Å². The summed E-state index contributed by atoms with van der Waals surface area (Å²) in [7, 11) is 1.41. The molecule has 0 saturated carbocycles. The molecular weight excluding hydrogens is 626 g/mol. The van der Waals surface area contributed by atoms with Crippen molar-refractivity contribution >= 4 is 34.8 Å². The highest BCUT2D eigenvalue weighted by atomic mass is 32.1. The van der Waals surface area contributed by atoms with E-state index < -0.39 is 22.5 Å². The molecule has 12 nitrogen and oxygen atoms in total. The third-order valence-electron chi connectivity index (χ3n) is 7.65. The second kappa shape index (κ2) is 12.1. The number of carbonyl (C=O) groups excluding carboxylic acids is 1. The Bertz CT molecular complexity index is 2270. The maximum Gasteiger partial charge on any atom is 0.338 e. The van der Waals surface area contributed by atoms with Crippen LogP contribution >= 0.6 is 11.3 Å². The van der Waals surface area contributed by atoms with Gasteiger partial charge in [0.2, 0.25) is 6.79 Å². The molecular formula is C34H25N3O9S. The monoisotopic (exact) mass is 651 g/mol. The summed E-state index contributed by atoms with van der Waals surface area (Å²) in [5.41, 5.74) is 1.90. The van der Waals surface area contributed by atoms with Crippen molar-refractivity contribution in [2.75, 3.05) is 20.5 Å². The number of furan rings is 1. The van der Waals surface area contributed by atoms with Crippen LogP contribution in [0.15, 0.2) is 98.6 Å². The number of hydrogen-bond acceptors (Lipinski definition) is 11. The summed E-state index contributed by atoms with van der Waals surface area (Å²) in [5, 5.41) is 11.2. The number of carbonyl (C=O) groups is 1. The topological polar surface area (TPSA) is 145 Å². The summed E-state index contributed by atoms with van der Waals surface area (Å²) in [6.45, 7) is 1.91. The Morgan fingerprint density at radius 3 is 2.66 bits per heavy atom. The highest BCUT2D eigenvalue weighted by Gasteiger charge is 2.36. The molecule has 3 aromatic carbocycles. The Morgan fingerprint density at radius 1 is 1.09 bits per heavy atom. The molecule has 236 valence electrons. The first-order valence-electron chi connectivity index (χ1n) is 14.5. The number of nitro groups is 1. The number of non-ortho nitro benzene ring substituents is 1. The van der Waals surface area contributed by atoms with E-state index in [1.54, 1.807) is 49.4 Å². The third-order valence-corrected chi connectivity index (χ3v) is 8.63. The molecule has 5 aromatic rings. The van der Waals surface area contributed by atoms with E-state index in [4.69, 9.17) is 28.4 Å². The Balaban J connectivity index is 1.40. The highest BCUT2D eigenvalue weighted by Crippen LogP contribution is 2.40. The van der Waals surface area contributed by atoms with Crippen LogP contribution in [0.3, 0.4) is 0 Å². The minimum Gasteiger partial charge on any atom is -0.496 e. The van der Waals surface area contributed by atoms with Crippen LogP contribution in [0.5, 0.6) is 17.2 Å². The first-order chi connectivity index (χ1) is 22.9. The van der Waals surface area contributed by atoms with Gasteiger partial charge in [-0.1, -0.05) is 47.7 Å². The number of nitro benzene ring substituents is 1. The van der Waals surface area contributed by atoms with Gasteiger partial charge in [-0.05, 0) is 42.8 Å². The van der Waals surface area contributed by atoms with Crippen LogP contribution in [-0.4, -0.2) is 36.0 Å². The van der Waals surface area contributed by atoms with E-state index in [9.17, 15) is 19.7 Å². The van der Waals surface area contributed by atoms with Crippen molar-refractivity contribution in [3.63, 3.8) is 0 Å². The quantitative estimate of drug-likeness (QED) is 0.131. The number of aromatic nitrogens is 1. The van der Waals surface area contributed by atoms with E-state index in [1.807, 2.05) is 30.3 Å². The zero-order valence-electron chi connectivity index (χ0n) is 25.0. The van der Waals surface area contributed by atoms with Gasteiger partial charge >= 0.3 is 5.97 Å². The molecule has 2 aromatic heterocycles. The molecule has 2 aliphatic rings. The largest absolute Gasteiger partial charge is 0.496 e. The molecule has 47 heavy (non-hydrogen) atoms. The lowest BCUT2D eigenvalue weighted by atomic mass is 9.93. The maximum atomic E-state index is 14.2. The van der Waals surface area contributed by atoms with Crippen molar-refractivity contribution in [3.05, 3.63) is 131 Å². The molecule has 0 N–H and O–H groups in total. The standard InChI is InChI=1S/C34H25N3O9S/c1-3-43-33(39)29-30(19-7-5-4-6-8-19)35-34-36(31(29)20-9-13-25-27(15-20)45-18-44-25)32(38)28(47-34)17-22-11-14-24(46-22)23-12-10-21(37(40)41)16-26(23)42-2/h4-17,31H,3,18H2,1-2H3/b28-17-/t31-/m0/s1. The number of nitrogens with zero attached hydrogens (tertiary/aromatic N) is 3. The van der Waals surface area contributed by atoms with Crippen LogP contribution < -0.4 is 29.1 Å². The lowest BCUT2D eigenvalue weighted by Gasteiger charge is -2.26. The van der Waals surface area contributed by atoms with Gasteiger partial charge in [-0.2, -0.15) is 0 Å². The molecule has 1 atom stereocenters. The number of fused-ring (bicyclic) bond motifs is 2. The number of methoxy groups -OCH3 is 1. The number of esters is 1. The fourth-order valence-electron chi connectivity index (χ4n) is 5.54. The van der Waals surface area contributed by atoms with Crippen LogP contribution in [0.2, 0.25) is 0 Å². The van der Waals surface area contributed by atoms with Crippen LogP contribution in [0.4, 0.5) is 5.69 Å². The van der Waals surface area contributed by atoms with Gasteiger partial charge in [0.05, 0.1) is 52.1 Å². The van der Waals surface area contributed by atoms with Gasteiger partial charge in [0.25, 0.3) is 11.2 Å². The Hall–Kier alpha value is -5.95. The van der Waals surface area contributed by atoms with Crippen molar-refractivity contribution in [2.24, 2.45) is 4.99 Å². The van der Waals surface area contributed by atoms with E-state index >= 15 is 0 Å². The summed E-state index contributed by atoms with van der Waals surface area (Å²) < 4.78 is 29.9. The fourth-order valence-corrected chi connectivity index (χ4v) is 6.52. The molecule has 0 unspecified atom stereocenters. The summed E-state index contributed by atoms with van der Waals surface area (Å²) in [6, 6.07) is 21.2. The molecule has 0 radical (unpaired) electrons. The second-order valence-corrected chi connectivity index (χ2v) is 11.4. The molecule has 0 bridgehead atoms. The molecule has 13 heteroatoms. The second-order valence-electron chi connectivity index (χ2n) is 10.4. The first kappa shape index (κ1) is 29.7. The van der Waals surface area contributed by atoms with E-state index in [0.717, 1.165) is 11.3 Å². The maximum absolute atomic E-state index is 14.2. The van der Waals surface area contributed by atoms with E-state index in [-0.39, 0.29) is 30.4 Å². The SMILES string of the molecule is CCOC(=O)C1=C(c2ccccc2)N=c2s/c(=C\c3ccc(-c4ccc([N+](=O)[O-])cc4OC)o3)c(=O)n2[C@H]1c1ccc2c(c1)OCO2. The minimum atomic E-state index is -0.895. The third kappa shape index (κ3) is 5.36. The molecule has 0 fully saturated rings. The lowest BCUT2D eigenvalue weighted by Crippen LogP contribution is -2.40. The summed E-state index contributed by atoms with van der Waals surface area (Å²) >= 11 is 1.15. The highest BCUT2D eigenvalue weighted by molar-refractivity contribution is 7.07. The van der Waals surface area contributed by atoms with Crippen molar-refractivity contribution in [1.29, 1.82) is 0 Å². The van der Waals surface area contributed by atoms with Crippen LogP contribution in [-0.2, 0) is 9.53 Å². The number of ether oxygens (including phenoxy) is 4. The lowest BCUT2D eigenvalue weighted by molar-refractivity contribution is -0.384. The molecule has 0 saturated heterocycles. The Kier molecular flexibility index (Phi) is 7.66. The van der Waals surface area contributed by atoms with Gasteiger partial charge in [0.15, 0.2) is 16.3 Å². The van der Waals surface area contributed by atoms with Gasteiger partial charge in [-0.15, -0.1) is 0 Å². The minimum absolute atomic E-state index is 0.0638. The van der Waals surface area contributed by atoms with Gasteiger partial charge in [0, 0.05) is 17.7 Å². The average Bonchev–Trinajstić information content (AvgIpc) is 3.83. The molecule has 0 spiro atoms. The van der Waals surface area contributed by atoms with Crippen molar-refractivity contribution in [2.45, 2.75) is 13.0 Å². The zero-order chi connectivity index (χ0) is 32.7. The fraction of sp³-hybridized carbons (Fsp3) is 0.147. The van der Waals surface area contributed by atoms with Crippen LogP contribution in [0.1, 0.15) is 29.9 Å². The number of hydrogen-bond donors (Lipinski definition) is 0. The molecule has 7 rings (SSSR count). The average molecular weight is 652 g/mol. The van der Waals surface area contributed by atoms with E-state index in [1.165, 1.54) is 23.8 Å². The zero-order valence-corrected chi connectivity index (χ0v) is 25.8. The molecule has 0 amide bonds. The summed E-state index contributed by atoms with van der Waals surface area (Å²) in [6.07, 6.45) is 1.60. The van der Waals surface area contributed by atoms with E-state index in [0.29, 0.717) is 54.7 Å². The van der Waals surface area contributed by atoms with Crippen molar-refractivity contribution < 1.29 is 33.1 Å².